The Morgan fingerprint density at radius 1 is 1.27 bits per heavy atom. The zero-order chi connectivity index (χ0) is 11.3. The van der Waals surface area contributed by atoms with Gasteiger partial charge in [0.15, 0.2) is 5.78 Å². The molecule has 0 fully saturated rings. The van der Waals surface area contributed by atoms with Gasteiger partial charge in [-0.2, -0.15) is 0 Å². The average molecular weight is 226 g/mol. The lowest BCUT2D eigenvalue weighted by atomic mass is 10.2. The molecular weight excluding hydrogens is 215 g/mol. The maximum absolute atomic E-state index is 11.1. The fourth-order valence-electron chi connectivity index (χ4n) is 1.01. The highest BCUT2D eigenvalue weighted by Gasteiger charge is 2.16. The van der Waals surface area contributed by atoms with Crippen molar-refractivity contribution >= 4 is 19.5 Å². The highest BCUT2D eigenvalue weighted by molar-refractivity contribution is 7.52. The summed E-state index contributed by atoms with van der Waals surface area (Å²) in [4.78, 5) is 28.1. The topological polar surface area (TPSA) is 74.6 Å². The fraction of sp³-hybridized carbons (Fsp3) is 0.100. The minimum atomic E-state index is -4.24. The molecule has 1 aromatic rings. The first-order chi connectivity index (χ1) is 6.97. The first-order valence-corrected chi connectivity index (χ1v) is 6.08. The minimum absolute atomic E-state index is 0.577. The van der Waals surface area contributed by atoms with E-state index in [1.807, 2.05) is 18.2 Å². The molecule has 15 heavy (non-hydrogen) atoms. The van der Waals surface area contributed by atoms with Crippen molar-refractivity contribution in [2.45, 2.75) is 0 Å². The number of rotatable bonds is 4. The van der Waals surface area contributed by atoms with Crippen LogP contribution in [0, 0.1) is 0 Å². The van der Waals surface area contributed by atoms with E-state index in [2.05, 4.69) is 0 Å². The van der Waals surface area contributed by atoms with Crippen LogP contribution in [0.3, 0.4) is 0 Å². The molecule has 0 heterocycles. The number of benzene rings is 1. The maximum Gasteiger partial charge on any atom is 0.333 e. The second kappa shape index (κ2) is 5.03. The molecule has 0 aliphatic heterocycles. The molecule has 0 atom stereocenters. The van der Waals surface area contributed by atoms with E-state index in [1.165, 1.54) is 12.2 Å². The molecule has 0 unspecified atom stereocenters. The van der Waals surface area contributed by atoms with Crippen molar-refractivity contribution in [2.75, 3.05) is 6.16 Å². The first kappa shape index (κ1) is 11.9. The molecule has 0 aromatic heterocycles. The predicted molar refractivity (Wildman–Crippen MR) is 57.4 cm³/mol. The third-order valence-corrected chi connectivity index (χ3v) is 2.35. The number of allylic oxidation sites excluding steroid dienone is 1. The number of hydrogen-bond donors (Lipinski definition) is 2. The third kappa shape index (κ3) is 5.27. The van der Waals surface area contributed by atoms with Crippen molar-refractivity contribution in [3.63, 3.8) is 0 Å². The number of hydrogen-bond acceptors (Lipinski definition) is 2. The Bertz CT molecular complexity index is 405. The summed E-state index contributed by atoms with van der Waals surface area (Å²) in [7, 11) is -4.24. The number of carbonyl (C=O) groups excluding carboxylic acids is 1. The summed E-state index contributed by atoms with van der Waals surface area (Å²) in [5.41, 5.74) is 0.816. The molecule has 0 bridgehead atoms. The maximum atomic E-state index is 11.1. The van der Waals surface area contributed by atoms with Gasteiger partial charge in [-0.05, 0) is 11.6 Å². The molecule has 0 saturated heterocycles. The van der Waals surface area contributed by atoms with Gasteiger partial charge in [-0.1, -0.05) is 36.4 Å². The minimum Gasteiger partial charge on any atom is -0.324 e. The molecule has 4 nitrogen and oxygen atoms in total. The van der Waals surface area contributed by atoms with E-state index in [0.717, 1.165) is 5.56 Å². The third-order valence-electron chi connectivity index (χ3n) is 1.62. The lowest BCUT2D eigenvalue weighted by Gasteiger charge is -1.98. The normalized spacial score (nSPS) is 11.9. The second-order valence-electron chi connectivity index (χ2n) is 3.03. The SMILES string of the molecule is O=C(/C=C/c1ccccc1)CP(=O)(O)O. The molecule has 1 rings (SSSR count). The molecule has 0 aliphatic carbocycles. The molecule has 0 saturated carbocycles. The summed E-state index contributed by atoms with van der Waals surface area (Å²) < 4.78 is 10.5. The highest BCUT2D eigenvalue weighted by Crippen LogP contribution is 2.33. The fourth-order valence-corrected chi connectivity index (χ4v) is 1.52. The monoisotopic (exact) mass is 226 g/mol. The van der Waals surface area contributed by atoms with Crippen LogP contribution < -0.4 is 0 Å². The number of ketones is 1. The summed E-state index contributed by atoms with van der Waals surface area (Å²) in [6, 6.07) is 9.05. The Morgan fingerprint density at radius 3 is 2.40 bits per heavy atom. The van der Waals surface area contributed by atoms with Crippen molar-refractivity contribution in [3.05, 3.63) is 42.0 Å². The molecule has 1 aromatic carbocycles. The van der Waals surface area contributed by atoms with Crippen molar-refractivity contribution in [2.24, 2.45) is 0 Å². The van der Waals surface area contributed by atoms with Crippen LogP contribution in [0.25, 0.3) is 6.08 Å². The molecule has 0 amide bonds. The van der Waals surface area contributed by atoms with Gasteiger partial charge in [0.25, 0.3) is 0 Å². The first-order valence-electron chi connectivity index (χ1n) is 4.28. The second-order valence-corrected chi connectivity index (χ2v) is 4.68. The van der Waals surface area contributed by atoms with Crippen LogP contribution in [0.1, 0.15) is 5.56 Å². The molecule has 80 valence electrons. The zero-order valence-electron chi connectivity index (χ0n) is 7.91. The van der Waals surface area contributed by atoms with Crippen LogP contribution >= 0.6 is 7.60 Å². The van der Waals surface area contributed by atoms with E-state index < -0.39 is 19.5 Å². The Morgan fingerprint density at radius 2 is 1.87 bits per heavy atom. The van der Waals surface area contributed by atoms with Gasteiger partial charge < -0.3 is 9.79 Å². The Hall–Kier alpha value is -1.22. The predicted octanol–water partition coefficient (Wildman–Crippen LogP) is 1.45. The summed E-state index contributed by atoms with van der Waals surface area (Å²) >= 11 is 0. The van der Waals surface area contributed by atoms with Crippen LogP contribution in [-0.4, -0.2) is 21.7 Å². The van der Waals surface area contributed by atoms with Gasteiger partial charge in [-0.25, -0.2) is 0 Å². The van der Waals surface area contributed by atoms with E-state index >= 15 is 0 Å². The number of carbonyl (C=O) groups is 1. The van der Waals surface area contributed by atoms with E-state index in [1.54, 1.807) is 12.1 Å². The van der Waals surface area contributed by atoms with Crippen molar-refractivity contribution in [1.29, 1.82) is 0 Å². The van der Waals surface area contributed by atoms with Crippen molar-refractivity contribution in [3.8, 4) is 0 Å². The standard InChI is InChI=1S/C10H11O4P/c11-10(8-15(12,13)14)7-6-9-4-2-1-3-5-9/h1-7H,8H2,(H2,12,13,14)/b7-6+. The molecule has 5 heteroatoms. The van der Waals surface area contributed by atoms with E-state index in [4.69, 9.17) is 9.79 Å². The van der Waals surface area contributed by atoms with E-state index in [0.29, 0.717) is 0 Å². The highest BCUT2D eigenvalue weighted by atomic mass is 31.2. The van der Waals surface area contributed by atoms with Gasteiger partial charge in [0, 0.05) is 0 Å². The summed E-state index contributed by atoms with van der Waals surface area (Å²) in [5, 5.41) is 0. The quantitative estimate of drug-likeness (QED) is 0.601. The van der Waals surface area contributed by atoms with Crippen molar-refractivity contribution < 1.29 is 19.1 Å². The van der Waals surface area contributed by atoms with Gasteiger partial charge >= 0.3 is 7.60 Å². The smallest absolute Gasteiger partial charge is 0.324 e. The Balaban J connectivity index is 2.60. The molecule has 0 radical (unpaired) electrons. The summed E-state index contributed by atoms with van der Waals surface area (Å²) in [5.74, 6) is -0.577. The van der Waals surface area contributed by atoms with Crippen LogP contribution in [0.2, 0.25) is 0 Å². The van der Waals surface area contributed by atoms with Crippen LogP contribution in [0.5, 0.6) is 0 Å². The van der Waals surface area contributed by atoms with E-state index in [-0.39, 0.29) is 0 Å². The summed E-state index contributed by atoms with van der Waals surface area (Å²) in [6.45, 7) is 0. The van der Waals surface area contributed by atoms with Gasteiger partial charge in [0.1, 0.15) is 6.16 Å². The van der Waals surface area contributed by atoms with E-state index in [9.17, 15) is 9.36 Å². The molecule has 0 spiro atoms. The van der Waals surface area contributed by atoms with Crippen LogP contribution in [-0.2, 0) is 9.36 Å². The summed E-state index contributed by atoms with van der Waals surface area (Å²) in [6.07, 6.45) is 1.96. The lowest BCUT2D eigenvalue weighted by molar-refractivity contribution is -0.112. The molecule has 0 aliphatic rings. The lowest BCUT2D eigenvalue weighted by Crippen LogP contribution is -2.00. The van der Waals surface area contributed by atoms with Gasteiger partial charge in [-0.3, -0.25) is 9.36 Å². The van der Waals surface area contributed by atoms with Gasteiger partial charge in [0.05, 0.1) is 0 Å². The average Bonchev–Trinajstić information content (AvgIpc) is 2.14. The van der Waals surface area contributed by atoms with Crippen LogP contribution in [0.15, 0.2) is 36.4 Å². The Kier molecular flexibility index (Phi) is 3.97. The van der Waals surface area contributed by atoms with Crippen LogP contribution in [0.4, 0.5) is 0 Å². The zero-order valence-corrected chi connectivity index (χ0v) is 8.80. The molecular formula is C10H11O4P. The van der Waals surface area contributed by atoms with Gasteiger partial charge in [0.2, 0.25) is 0 Å². The van der Waals surface area contributed by atoms with Gasteiger partial charge in [-0.15, -0.1) is 0 Å². The molecule has 2 N–H and O–H groups in total. The van der Waals surface area contributed by atoms with Crippen molar-refractivity contribution in [1.82, 2.24) is 0 Å². The largest absolute Gasteiger partial charge is 0.333 e. The Labute approximate surface area is 87.4 Å².